The fraction of sp³-hybridized carbons (Fsp3) is 0.333. The highest BCUT2D eigenvalue weighted by Crippen LogP contribution is 2.33. The van der Waals surface area contributed by atoms with Gasteiger partial charge in [0.15, 0.2) is 0 Å². The van der Waals surface area contributed by atoms with Crippen molar-refractivity contribution in [2.45, 2.75) is 30.2 Å². The Balaban J connectivity index is 1.55. The number of rotatable bonds is 6. The van der Waals surface area contributed by atoms with Crippen molar-refractivity contribution in [3.63, 3.8) is 0 Å². The first-order valence-electron chi connectivity index (χ1n) is 9.89. The topological polar surface area (TPSA) is 113 Å². The fourth-order valence-electron chi connectivity index (χ4n) is 4.08. The first-order valence-corrected chi connectivity index (χ1v) is 11.4. The van der Waals surface area contributed by atoms with Crippen molar-refractivity contribution in [1.29, 1.82) is 0 Å². The maximum atomic E-state index is 13.3. The largest absolute Gasteiger partial charge is 0.387 e. The number of aryl methyl sites for hydroxylation is 1. The lowest BCUT2D eigenvalue weighted by Gasteiger charge is -2.36. The Morgan fingerprint density at radius 3 is 2.61 bits per heavy atom. The molecule has 0 spiro atoms. The molecule has 3 aromatic rings. The van der Waals surface area contributed by atoms with Gasteiger partial charge < -0.3 is 5.32 Å². The molecular weight excluding hydrogens is 423 g/mol. The number of sulfonamides is 1. The molecule has 4 rings (SSSR count). The highest BCUT2D eigenvalue weighted by atomic mass is 32.2. The first kappa shape index (κ1) is 21.3. The van der Waals surface area contributed by atoms with Crippen molar-refractivity contribution < 1.29 is 12.8 Å². The summed E-state index contributed by atoms with van der Waals surface area (Å²) in [6, 6.07) is 8.95. The molecule has 0 radical (unpaired) electrons. The van der Waals surface area contributed by atoms with Gasteiger partial charge in [-0.2, -0.15) is 0 Å². The predicted molar refractivity (Wildman–Crippen MR) is 116 cm³/mol. The average Bonchev–Trinajstić information content (AvgIpc) is 2.69. The van der Waals surface area contributed by atoms with Crippen molar-refractivity contribution in [3.8, 4) is 0 Å². The van der Waals surface area contributed by atoms with Gasteiger partial charge in [-0.05, 0) is 55.0 Å². The Hall–Kier alpha value is -2.98. The Bertz CT molecular complexity index is 1370. The molecule has 1 aromatic heterocycles. The van der Waals surface area contributed by atoms with Crippen LogP contribution in [0.5, 0.6) is 0 Å². The van der Waals surface area contributed by atoms with E-state index in [1.165, 1.54) is 35.9 Å². The molecule has 10 heteroatoms. The minimum atomic E-state index is -3.91. The summed E-state index contributed by atoms with van der Waals surface area (Å²) >= 11 is 0. The van der Waals surface area contributed by atoms with Crippen molar-refractivity contribution in [3.05, 3.63) is 68.6 Å². The maximum Gasteiger partial charge on any atom is 0.328 e. The molecule has 1 fully saturated rings. The number of nitrogens with one attached hydrogen (secondary N) is 3. The second-order valence-corrected chi connectivity index (χ2v) is 9.61. The molecular formula is C21H23FN4O4S. The summed E-state index contributed by atoms with van der Waals surface area (Å²) in [6.45, 7) is 0. The van der Waals surface area contributed by atoms with Gasteiger partial charge in [-0.25, -0.2) is 22.3 Å². The van der Waals surface area contributed by atoms with Crippen LogP contribution < -0.4 is 21.3 Å². The number of fused-ring (bicyclic) bond motifs is 1. The zero-order chi connectivity index (χ0) is 22.3. The number of anilines is 1. The SMILES string of the molecule is CNc1cc2c(cc1S(=O)(=O)NC1CC(Cc3cccc(F)c3)C1)c(=O)[nH]c(=O)n2C. The summed E-state index contributed by atoms with van der Waals surface area (Å²) in [5, 5.41) is 2.94. The van der Waals surface area contributed by atoms with Crippen molar-refractivity contribution in [2.24, 2.45) is 13.0 Å². The van der Waals surface area contributed by atoms with Gasteiger partial charge in [0.05, 0.1) is 16.6 Å². The van der Waals surface area contributed by atoms with E-state index < -0.39 is 21.3 Å². The average molecular weight is 447 g/mol. The van der Waals surface area contributed by atoms with Crippen LogP contribution in [0.2, 0.25) is 0 Å². The van der Waals surface area contributed by atoms with Crippen LogP contribution in [0.4, 0.5) is 10.1 Å². The van der Waals surface area contributed by atoms with Gasteiger partial charge >= 0.3 is 5.69 Å². The molecule has 0 aliphatic heterocycles. The number of hydrogen-bond acceptors (Lipinski definition) is 5. The van der Waals surface area contributed by atoms with Gasteiger partial charge in [-0.1, -0.05) is 12.1 Å². The molecule has 164 valence electrons. The third-order valence-electron chi connectivity index (χ3n) is 5.76. The maximum absolute atomic E-state index is 13.3. The fourth-order valence-corrected chi connectivity index (χ4v) is 5.56. The zero-order valence-electron chi connectivity index (χ0n) is 17.1. The lowest BCUT2D eigenvalue weighted by atomic mass is 9.77. The van der Waals surface area contributed by atoms with Gasteiger partial charge in [0.2, 0.25) is 10.0 Å². The zero-order valence-corrected chi connectivity index (χ0v) is 17.9. The van der Waals surface area contributed by atoms with E-state index >= 15 is 0 Å². The predicted octanol–water partition coefficient (Wildman–Crippen LogP) is 1.71. The van der Waals surface area contributed by atoms with Gasteiger partial charge in [0.1, 0.15) is 10.7 Å². The molecule has 0 amide bonds. The van der Waals surface area contributed by atoms with E-state index in [-0.39, 0.29) is 33.7 Å². The van der Waals surface area contributed by atoms with E-state index in [9.17, 15) is 22.4 Å². The molecule has 1 aliphatic rings. The molecule has 2 aromatic carbocycles. The summed E-state index contributed by atoms with van der Waals surface area (Å²) in [5.41, 5.74) is 0.290. The van der Waals surface area contributed by atoms with Crippen molar-refractivity contribution >= 4 is 26.6 Å². The molecule has 1 aliphatic carbocycles. The lowest BCUT2D eigenvalue weighted by molar-refractivity contribution is 0.247. The molecule has 3 N–H and O–H groups in total. The van der Waals surface area contributed by atoms with Crippen LogP contribution in [0.25, 0.3) is 10.9 Å². The van der Waals surface area contributed by atoms with Crippen LogP contribution in [0.15, 0.2) is 50.9 Å². The van der Waals surface area contributed by atoms with Gasteiger partial charge in [0, 0.05) is 20.1 Å². The van der Waals surface area contributed by atoms with E-state index in [0.29, 0.717) is 24.8 Å². The van der Waals surface area contributed by atoms with Crippen LogP contribution in [-0.2, 0) is 23.5 Å². The Labute approximate surface area is 178 Å². The van der Waals surface area contributed by atoms with Crippen LogP contribution in [0.3, 0.4) is 0 Å². The number of aromatic nitrogens is 2. The van der Waals surface area contributed by atoms with E-state index in [4.69, 9.17) is 0 Å². The monoisotopic (exact) mass is 446 g/mol. The molecule has 0 saturated heterocycles. The summed E-state index contributed by atoms with van der Waals surface area (Å²) in [7, 11) is -0.837. The first-order chi connectivity index (χ1) is 14.7. The minimum absolute atomic E-state index is 0.0553. The number of nitrogens with zero attached hydrogens (tertiary/aromatic N) is 1. The molecule has 1 heterocycles. The second kappa shape index (κ2) is 7.93. The third kappa shape index (κ3) is 4.13. The lowest BCUT2D eigenvalue weighted by Crippen LogP contribution is -2.45. The standard InChI is InChI=1S/C21H23FN4O4S/c1-23-17-11-18-16(20(27)24-21(28)26(18)2)10-19(17)31(29,30)25-15-8-13(9-15)6-12-4-3-5-14(22)7-12/h3-5,7,10-11,13,15,23,25H,6,8-9H2,1-2H3,(H,24,27,28). The van der Waals surface area contributed by atoms with E-state index in [1.54, 1.807) is 13.1 Å². The minimum Gasteiger partial charge on any atom is -0.387 e. The molecule has 1 saturated carbocycles. The number of H-pyrrole nitrogens is 1. The number of hydrogen-bond donors (Lipinski definition) is 3. The molecule has 8 nitrogen and oxygen atoms in total. The number of halogens is 1. The number of aromatic amines is 1. The van der Waals surface area contributed by atoms with E-state index in [2.05, 4.69) is 15.0 Å². The normalized spacial score (nSPS) is 18.7. The number of benzene rings is 2. The smallest absolute Gasteiger partial charge is 0.328 e. The van der Waals surface area contributed by atoms with Gasteiger partial charge in [-0.15, -0.1) is 0 Å². The molecule has 0 bridgehead atoms. The van der Waals surface area contributed by atoms with Crippen molar-refractivity contribution in [2.75, 3.05) is 12.4 Å². The Morgan fingerprint density at radius 2 is 1.94 bits per heavy atom. The quantitative estimate of drug-likeness (QED) is 0.534. The van der Waals surface area contributed by atoms with Crippen molar-refractivity contribution in [1.82, 2.24) is 14.3 Å². The van der Waals surface area contributed by atoms with Gasteiger partial charge in [0.25, 0.3) is 5.56 Å². The second-order valence-electron chi connectivity index (χ2n) is 7.92. The molecule has 0 unspecified atom stereocenters. The van der Waals surface area contributed by atoms with E-state index in [0.717, 1.165) is 5.56 Å². The van der Waals surface area contributed by atoms with Crippen LogP contribution in [-0.4, -0.2) is 31.1 Å². The van der Waals surface area contributed by atoms with Crippen LogP contribution >= 0.6 is 0 Å². The third-order valence-corrected chi connectivity index (χ3v) is 7.32. The van der Waals surface area contributed by atoms with Gasteiger partial charge in [-0.3, -0.25) is 14.3 Å². The van der Waals surface area contributed by atoms with Crippen LogP contribution in [0, 0.1) is 11.7 Å². The molecule has 31 heavy (non-hydrogen) atoms. The molecule has 0 atom stereocenters. The summed E-state index contributed by atoms with van der Waals surface area (Å²) in [4.78, 5) is 26.2. The summed E-state index contributed by atoms with van der Waals surface area (Å²) in [6.07, 6.45) is 1.98. The highest BCUT2D eigenvalue weighted by molar-refractivity contribution is 7.89. The van der Waals surface area contributed by atoms with E-state index in [1.807, 2.05) is 6.07 Å². The highest BCUT2D eigenvalue weighted by Gasteiger charge is 2.33. The summed E-state index contributed by atoms with van der Waals surface area (Å²) < 4.78 is 43.4. The summed E-state index contributed by atoms with van der Waals surface area (Å²) in [5.74, 6) is -0.00953. The Morgan fingerprint density at radius 1 is 1.19 bits per heavy atom. The van der Waals surface area contributed by atoms with Crippen LogP contribution in [0.1, 0.15) is 18.4 Å². The Kier molecular flexibility index (Phi) is 5.44.